The third-order valence-corrected chi connectivity index (χ3v) is 6.04. The molecule has 1 unspecified atom stereocenters. The van der Waals surface area contributed by atoms with Crippen molar-refractivity contribution in [3.05, 3.63) is 15.0 Å². The quantitative estimate of drug-likeness (QED) is 0.862. The van der Waals surface area contributed by atoms with Gasteiger partial charge in [-0.2, -0.15) is 0 Å². The molecule has 2 fully saturated rings. The predicted molar refractivity (Wildman–Crippen MR) is 78.9 cm³/mol. The molecule has 2 heterocycles. The van der Waals surface area contributed by atoms with E-state index in [4.69, 9.17) is 9.84 Å². The zero-order chi connectivity index (χ0) is 14.2. The molecule has 1 aliphatic heterocycles. The number of carbonyl (C=O) groups is 1. The first kappa shape index (κ1) is 14.4. The Bertz CT molecular complexity index is 517. The van der Waals surface area contributed by atoms with E-state index in [1.54, 1.807) is 0 Å². The van der Waals surface area contributed by atoms with Crippen LogP contribution in [-0.4, -0.2) is 34.8 Å². The van der Waals surface area contributed by atoms with Crippen molar-refractivity contribution in [3.63, 3.8) is 0 Å². The SMILES string of the molecule is O=C(O)COC1(c2nc(Br)cs2)CCNC2(CCC2)C1. The Morgan fingerprint density at radius 2 is 2.35 bits per heavy atom. The molecule has 1 atom stereocenters. The van der Waals surface area contributed by atoms with Crippen LogP contribution >= 0.6 is 27.3 Å². The van der Waals surface area contributed by atoms with Crippen molar-refractivity contribution in [2.45, 2.75) is 43.2 Å². The summed E-state index contributed by atoms with van der Waals surface area (Å²) in [6.07, 6.45) is 5.08. The maximum Gasteiger partial charge on any atom is 0.329 e. The Labute approximate surface area is 129 Å². The summed E-state index contributed by atoms with van der Waals surface area (Å²) < 4.78 is 6.64. The summed E-state index contributed by atoms with van der Waals surface area (Å²) in [5.74, 6) is -0.929. The van der Waals surface area contributed by atoms with Crippen LogP contribution in [0.25, 0.3) is 0 Å². The highest BCUT2D eigenvalue weighted by Gasteiger charge is 2.50. The van der Waals surface area contributed by atoms with E-state index in [0.29, 0.717) is 0 Å². The standard InChI is InChI=1S/C13H17BrN2O3S/c14-9-7-20-11(16-9)13(19-6-10(17)18)4-5-15-12(8-13)2-1-3-12/h7,15H,1-6,8H2,(H,17,18). The number of hydrogen-bond acceptors (Lipinski definition) is 5. The van der Waals surface area contributed by atoms with Crippen LogP contribution in [0.2, 0.25) is 0 Å². The highest BCUT2D eigenvalue weighted by Crippen LogP contribution is 2.48. The topological polar surface area (TPSA) is 71.5 Å². The second-order valence-corrected chi connectivity index (χ2v) is 7.31. The number of carboxylic acid groups (broad SMARTS) is 1. The van der Waals surface area contributed by atoms with Gasteiger partial charge >= 0.3 is 5.97 Å². The number of nitrogens with zero attached hydrogens (tertiary/aromatic N) is 1. The second kappa shape index (κ2) is 5.36. The smallest absolute Gasteiger partial charge is 0.329 e. The molecular formula is C13H17BrN2O3S. The molecule has 0 amide bonds. The van der Waals surface area contributed by atoms with Crippen molar-refractivity contribution in [2.24, 2.45) is 0 Å². The molecular weight excluding hydrogens is 344 g/mol. The maximum atomic E-state index is 10.9. The number of halogens is 1. The van der Waals surface area contributed by atoms with Crippen LogP contribution in [0.15, 0.2) is 9.98 Å². The Kier molecular flexibility index (Phi) is 3.87. The summed E-state index contributed by atoms with van der Waals surface area (Å²) in [6, 6.07) is 0. The van der Waals surface area contributed by atoms with Gasteiger partial charge in [0.25, 0.3) is 0 Å². The van der Waals surface area contributed by atoms with Crippen molar-refractivity contribution in [1.82, 2.24) is 10.3 Å². The molecule has 1 aromatic rings. The lowest BCUT2D eigenvalue weighted by atomic mass is 9.67. The van der Waals surface area contributed by atoms with Gasteiger partial charge in [-0.05, 0) is 48.2 Å². The largest absolute Gasteiger partial charge is 0.480 e. The maximum absolute atomic E-state index is 10.9. The number of ether oxygens (including phenoxy) is 1. The van der Waals surface area contributed by atoms with E-state index >= 15 is 0 Å². The summed E-state index contributed by atoms with van der Waals surface area (Å²) in [6.45, 7) is 0.574. The lowest BCUT2D eigenvalue weighted by molar-refractivity contribution is -0.158. The number of thiazole rings is 1. The number of piperidine rings is 1. The highest BCUT2D eigenvalue weighted by atomic mass is 79.9. The van der Waals surface area contributed by atoms with Crippen LogP contribution in [0.5, 0.6) is 0 Å². The van der Waals surface area contributed by atoms with Gasteiger partial charge in [-0.3, -0.25) is 0 Å². The van der Waals surface area contributed by atoms with Gasteiger partial charge in [-0.25, -0.2) is 9.78 Å². The summed E-state index contributed by atoms with van der Waals surface area (Å²) in [5, 5.41) is 15.3. The zero-order valence-corrected chi connectivity index (χ0v) is 13.4. The Morgan fingerprint density at radius 1 is 1.55 bits per heavy atom. The number of nitrogens with one attached hydrogen (secondary N) is 1. The van der Waals surface area contributed by atoms with Gasteiger partial charge in [-0.15, -0.1) is 11.3 Å². The van der Waals surface area contributed by atoms with Crippen LogP contribution in [0.1, 0.15) is 37.1 Å². The fraction of sp³-hybridized carbons (Fsp3) is 0.692. The van der Waals surface area contributed by atoms with Crippen LogP contribution in [0.4, 0.5) is 0 Å². The van der Waals surface area contributed by atoms with Crippen molar-refractivity contribution in [2.75, 3.05) is 13.2 Å². The number of aromatic nitrogens is 1. The molecule has 0 radical (unpaired) electrons. The molecule has 1 aromatic heterocycles. The van der Waals surface area contributed by atoms with Crippen molar-refractivity contribution < 1.29 is 14.6 Å². The van der Waals surface area contributed by atoms with E-state index < -0.39 is 11.6 Å². The second-order valence-electron chi connectivity index (χ2n) is 5.64. The summed E-state index contributed by atoms with van der Waals surface area (Å²) in [5.41, 5.74) is -0.435. The number of aliphatic carboxylic acids is 1. The molecule has 110 valence electrons. The van der Waals surface area contributed by atoms with Crippen molar-refractivity contribution >= 4 is 33.2 Å². The van der Waals surface area contributed by atoms with Gasteiger partial charge in [-0.1, -0.05) is 0 Å². The highest BCUT2D eigenvalue weighted by molar-refractivity contribution is 9.10. The van der Waals surface area contributed by atoms with Crippen molar-refractivity contribution in [3.8, 4) is 0 Å². The monoisotopic (exact) mass is 360 g/mol. The average Bonchev–Trinajstić information content (AvgIpc) is 2.82. The molecule has 3 rings (SSSR count). The molecule has 20 heavy (non-hydrogen) atoms. The van der Waals surface area contributed by atoms with Crippen LogP contribution in [0.3, 0.4) is 0 Å². The van der Waals surface area contributed by atoms with E-state index in [-0.39, 0.29) is 12.1 Å². The molecule has 2 aliphatic rings. The summed E-state index contributed by atoms with van der Waals surface area (Å²) >= 11 is 4.91. The molecule has 0 bridgehead atoms. The predicted octanol–water partition coefficient (Wildman–Crippen LogP) is 2.51. The van der Waals surface area contributed by atoms with Gasteiger partial charge in [0.05, 0.1) is 0 Å². The summed E-state index contributed by atoms with van der Waals surface area (Å²) in [7, 11) is 0. The third-order valence-electron chi connectivity index (χ3n) is 4.30. The van der Waals surface area contributed by atoms with Gasteiger partial charge in [0, 0.05) is 17.3 Å². The molecule has 1 aliphatic carbocycles. The molecule has 5 nitrogen and oxygen atoms in total. The van der Waals surface area contributed by atoms with Gasteiger partial charge in [0.1, 0.15) is 21.8 Å². The molecule has 1 saturated carbocycles. The molecule has 1 saturated heterocycles. The minimum Gasteiger partial charge on any atom is -0.480 e. The third kappa shape index (κ3) is 2.64. The average molecular weight is 361 g/mol. The van der Waals surface area contributed by atoms with E-state index in [1.165, 1.54) is 17.8 Å². The lowest BCUT2D eigenvalue weighted by Gasteiger charge is -2.52. The Balaban J connectivity index is 1.88. The van der Waals surface area contributed by atoms with Crippen LogP contribution < -0.4 is 5.32 Å². The number of hydrogen-bond donors (Lipinski definition) is 2. The van der Waals surface area contributed by atoms with E-state index in [1.807, 2.05) is 5.38 Å². The fourth-order valence-corrected chi connectivity index (χ4v) is 4.65. The molecule has 1 spiro atoms. The van der Waals surface area contributed by atoms with Gasteiger partial charge in [0.15, 0.2) is 0 Å². The van der Waals surface area contributed by atoms with Gasteiger partial charge in [0.2, 0.25) is 0 Å². The minimum absolute atomic E-state index is 0.120. The Morgan fingerprint density at radius 3 is 2.90 bits per heavy atom. The van der Waals surface area contributed by atoms with Crippen LogP contribution in [0, 0.1) is 0 Å². The lowest BCUT2D eigenvalue weighted by Crippen LogP contribution is -2.60. The minimum atomic E-state index is -0.929. The van der Waals surface area contributed by atoms with E-state index in [0.717, 1.165) is 41.8 Å². The summed E-state index contributed by atoms with van der Waals surface area (Å²) in [4.78, 5) is 15.4. The van der Waals surface area contributed by atoms with E-state index in [9.17, 15) is 4.79 Å². The molecule has 0 aromatic carbocycles. The number of carboxylic acids is 1. The van der Waals surface area contributed by atoms with Crippen LogP contribution in [-0.2, 0) is 15.1 Å². The normalized spacial score (nSPS) is 28.2. The first-order valence-corrected chi connectivity index (χ1v) is 8.43. The first-order valence-electron chi connectivity index (χ1n) is 6.76. The Hall–Kier alpha value is -0.500. The molecule has 7 heteroatoms. The van der Waals surface area contributed by atoms with Crippen molar-refractivity contribution in [1.29, 1.82) is 0 Å². The zero-order valence-electron chi connectivity index (χ0n) is 11.0. The van der Waals surface area contributed by atoms with E-state index in [2.05, 4.69) is 26.2 Å². The van der Waals surface area contributed by atoms with Gasteiger partial charge < -0.3 is 15.2 Å². The molecule has 2 N–H and O–H groups in total. The first-order chi connectivity index (χ1) is 9.54. The fourth-order valence-electron chi connectivity index (χ4n) is 3.21. The number of rotatable bonds is 4.